The number of carbonyl (C=O) groups excluding carboxylic acids is 1. The Morgan fingerprint density at radius 2 is 1.93 bits per heavy atom. The van der Waals surface area contributed by atoms with Crippen molar-refractivity contribution in [3.05, 3.63) is 47.3 Å². The summed E-state index contributed by atoms with van der Waals surface area (Å²) in [6.45, 7) is 8.95. The standard InChI is InChI=1S/C20H29N5O.ClH/c1-4-15-5-7-16(8-6-15)20(2,3)14-22-19(26)18-13-25(24-23-18)17-9-11-21-12-10-17;/h5-8,13,17,21H,4,9-12,14H2,1-3H3,(H,22,26);1H. The summed E-state index contributed by atoms with van der Waals surface area (Å²) >= 11 is 0. The van der Waals surface area contributed by atoms with Crippen LogP contribution in [-0.2, 0) is 11.8 Å². The highest BCUT2D eigenvalue weighted by molar-refractivity contribution is 5.91. The van der Waals surface area contributed by atoms with E-state index in [4.69, 9.17) is 0 Å². The molecule has 1 saturated heterocycles. The summed E-state index contributed by atoms with van der Waals surface area (Å²) in [7, 11) is 0. The summed E-state index contributed by atoms with van der Waals surface area (Å²) in [6.07, 6.45) is 4.84. The minimum absolute atomic E-state index is 0. The van der Waals surface area contributed by atoms with Crippen molar-refractivity contribution in [2.45, 2.75) is 51.5 Å². The SMILES string of the molecule is CCc1ccc(C(C)(C)CNC(=O)c2cn(C3CCNCC3)nn2)cc1.Cl. The fraction of sp³-hybridized carbons (Fsp3) is 0.550. The van der Waals surface area contributed by atoms with E-state index in [0.29, 0.717) is 18.3 Å². The zero-order valence-electron chi connectivity index (χ0n) is 16.4. The Morgan fingerprint density at radius 1 is 1.26 bits per heavy atom. The number of halogens is 1. The quantitative estimate of drug-likeness (QED) is 0.794. The smallest absolute Gasteiger partial charge is 0.273 e. The lowest BCUT2D eigenvalue weighted by atomic mass is 9.84. The summed E-state index contributed by atoms with van der Waals surface area (Å²) in [5.41, 5.74) is 2.78. The summed E-state index contributed by atoms with van der Waals surface area (Å²) in [5, 5.41) is 14.6. The molecule has 1 aliphatic heterocycles. The van der Waals surface area contributed by atoms with Gasteiger partial charge in [0.05, 0.1) is 12.2 Å². The van der Waals surface area contributed by atoms with Crippen molar-refractivity contribution >= 4 is 18.3 Å². The molecule has 0 aliphatic carbocycles. The molecule has 1 aromatic heterocycles. The summed E-state index contributed by atoms with van der Waals surface area (Å²) in [5.74, 6) is -0.163. The average molecular weight is 392 g/mol. The second kappa shape index (κ2) is 9.33. The van der Waals surface area contributed by atoms with Gasteiger partial charge in [0, 0.05) is 12.0 Å². The van der Waals surface area contributed by atoms with Crippen molar-refractivity contribution in [2.24, 2.45) is 0 Å². The Bertz CT molecular complexity index is 735. The van der Waals surface area contributed by atoms with Crippen molar-refractivity contribution < 1.29 is 4.79 Å². The topological polar surface area (TPSA) is 71.8 Å². The molecule has 2 N–H and O–H groups in total. The third kappa shape index (κ3) is 5.30. The van der Waals surface area contributed by atoms with Gasteiger partial charge in [-0.3, -0.25) is 4.79 Å². The van der Waals surface area contributed by atoms with Crippen LogP contribution < -0.4 is 10.6 Å². The number of carbonyl (C=O) groups is 1. The van der Waals surface area contributed by atoms with Gasteiger partial charge >= 0.3 is 0 Å². The van der Waals surface area contributed by atoms with Crippen LogP contribution in [0.15, 0.2) is 30.5 Å². The first-order chi connectivity index (χ1) is 12.5. The fourth-order valence-corrected chi connectivity index (χ4v) is 3.32. The molecule has 2 heterocycles. The van der Waals surface area contributed by atoms with Gasteiger partial charge in [-0.2, -0.15) is 0 Å². The molecule has 3 rings (SSSR count). The number of benzene rings is 1. The molecule has 0 unspecified atom stereocenters. The van der Waals surface area contributed by atoms with E-state index in [9.17, 15) is 4.79 Å². The Morgan fingerprint density at radius 3 is 2.56 bits per heavy atom. The van der Waals surface area contributed by atoms with Gasteiger partial charge < -0.3 is 10.6 Å². The predicted molar refractivity (Wildman–Crippen MR) is 110 cm³/mol. The third-order valence-corrected chi connectivity index (χ3v) is 5.26. The number of aromatic nitrogens is 3. The summed E-state index contributed by atoms with van der Waals surface area (Å²) in [4.78, 5) is 12.5. The largest absolute Gasteiger partial charge is 0.350 e. The van der Waals surface area contributed by atoms with Gasteiger partial charge in [0.1, 0.15) is 0 Å². The van der Waals surface area contributed by atoms with Crippen LogP contribution >= 0.6 is 12.4 Å². The lowest BCUT2D eigenvalue weighted by Crippen LogP contribution is -2.36. The molecule has 0 atom stereocenters. The molecular weight excluding hydrogens is 362 g/mol. The van der Waals surface area contributed by atoms with Gasteiger partial charge in [0.2, 0.25) is 0 Å². The lowest BCUT2D eigenvalue weighted by molar-refractivity contribution is 0.0940. The molecule has 27 heavy (non-hydrogen) atoms. The van der Waals surface area contributed by atoms with Crippen LogP contribution in [0.1, 0.15) is 61.3 Å². The maximum absolute atomic E-state index is 12.5. The molecule has 0 saturated carbocycles. The van der Waals surface area contributed by atoms with Crippen LogP contribution in [0.5, 0.6) is 0 Å². The van der Waals surface area contributed by atoms with Gasteiger partial charge in [0.15, 0.2) is 5.69 Å². The maximum atomic E-state index is 12.5. The highest BCUT2D eigenvalue weighted by atomic mass is 35.5. The molecule has 1 aliphatic rings. The molecular formula is C20H30ClN5O. The van der Waals surface area contributed by atoms with Crippen molar-refractivity contribution in [1.82, 2.24) is 25.6 Å². The van der Waals surface area contributed by atoms with Crippen LogP contribution in [0.3, 0.4) is 0 Å². The predicted octanol–water partition coefficient (Wildman–Crippen LogP) is 2.89. The minimum Gasteiger partial charge on any atom is -0.350 e. The number of nitrogens with zero attached hydrogens (tertiary/aromatic N) is 3. The molecule has 1 aromatic carbocycles. The van der Waals surface area contributed by atoms with E-state index >= 15 is 0 Å². The Labute approximate surface area is 167 Å². The molecule has 148 valence electrons. The normalized spacial score (nSPS) is 15.2. The molecule has 0 radical (unpaired) electrons. The number of rotatable bonds is 6. The number of amides is 1. The van der Waals surface area contributed by atoms with Gasteiger partial charge in [-0.15, -0.1) is 17.5 Å². The zero-order chi connectivity index (χ0) is 18.6. The molecule has 1 fully saturated rings. The molecule has 6 nitrogen and oxygen atoms in total. The van der Waals surface area contributed by atoms with Gasteiger partial charge in [-0.25, -0.2) is 4.68 Å². The van der Waals surface area contributed by atoms with Crippen LogP contribution in [-0.4, -0.2) is 40.5 Å². The third-order valence-electron chi connectivity index (χ3n) is 5.26. The van der Waals surface area contributed by atoms with E-state index in [2.05, 4.69) is 66.0 Å². The van der Waals surface area contributed by atoms with Crippen LogP contribution in [0.4, 0.5) is 0 Å². The van der Waals surface area contributed by atoms with E-state index < -0.39 is 0 Å². The summed E-state index contributed by atoms with van der Waals surface area (Å²) < 4.78 is 1.84. The highest BCUT2D eigenvalue weighted by Crippen LogP contribution is 2.23. The average Bonchev–Trinajstić information content (AvgIpc) is 3.17. The Hall–Kier alpha value is -1.92. The van der Waals surface area contributed by atoms with Crippen LogP contribution in [0.2, 0.25) is 0 Å². The second-order valence-corrected chi connectivity index (χ2v) is 7.68. The van der Waals surface area contributed by atoms with E-state index in [1.807, 2.05) is 4.68 Å². The fourth-order valence-electron chi connectivity index (χ4n) is 3.32. The molecule has 0 bridgehead atoms. The van der Waals surface area contributed by atoms with E-state index in [0.717, 1.165) is 32.4 Å². The van der Waals surface area contributed by atoms with Gasteiger partial charge in [-0.05, 0) is 43.5 Å². The number of nitrogens with one attached hydrogen (secondary N) is 2. The van der Waals surface area contributed by atoms with E-state index in [-0.39, 0.29) is 23.7 Å². The Balaban J connectivity index is 0.00000261. The van der Waals surface area contributed by atoms with Crippen molar-refractivity contribution in [2.75, 3.05) is 19.6 Å². The monoisotopic (exact) mass is 391 g/mol. The Kier molecular flexibility index (Phi) is 7.39. The zero-order valence-corrected chi connectivity index (χ0v) is 17.2. The van der Waals surface area contributed by atoms with Gasteiger partial charge in [0.25, 0.3) is 5.91 Å². The van der Waals surface area contributed by atoms with Crippen molar-refractivity contribution in [3.63, 3.8) is 0 Å². The van der Waals surface area contributed by atoms with Gasteiger partial charge in [-0.1, -0.05) is 50.3 Å². The van der Waals surface area contributed by atoms with E-state index in [1.165, 1.54) is 11.1 Å². The number of hydrogen-bond donors (Lipinski definition) is 2. The van der Waals surface area contributed by atoms with E-state index in [1.54, 1.807) is 6.20 Å². The molecule has 0 spiro atoms. The number of aryl methyl sites for hydroxylation is 1. The second-order valence-electron chi connectivity index (χ2n) is 7.68. The first-order valence-electron chi connectivity index (χ1n) is 9.50. The first-order valence-corrected chi connectivity index (χ1v) is 9.50. The van der Waals surface area contributed by atoms with Crippen LogP contribution in [0, 0.1) is 0 Å². The number of piperidine rings is 1. The first kappa shape index (κ1) is 21.4. The summed E-state index contributed by atoms with van der Waals surface area (Å²) in [6, 6.07) is 8.95. The lowest BCUT2D eigenvalue weighted by Gasteiger charge is -2.25. The molecule has 1 amide bonds. The molecule has 2 aromatic rings. The van der Waals surface area contributed by atoms with Crippen molar-refractivity contribution in [3.8, 4) is 0 Å². The number of hydrogen-bond acceptors (Lipinski definition) is 4. The molecule has 7 heteroatoms. The highest BCUT2D eigenvalue weighted by Gasteiger charge is 2.23. The maximum Gasteiger partial charge on any atom is 0.273 e. The minimum atomic E-state index is -0.163. The van der Waals surface area contributed by atoms with Crippen LogP contribution in [0.25, 0.3) is 0 Å². The van der Waals surface area contributed by atoms with Crippen molar-refractivity contribution in [1.29, 1.82) is 0 Å².